The molecule has 1 saturated heterocycles. The Hall–Kier alpha value is -3.47. The number of nitrogens with one attached hydrogen (secondary N) is 2. The van der Waals surface area contributed by atoms with E-state index >= 15 is 0 Å². The van der Waals surface area contributed by atoms with E-state index in [1.54, 1.807) is 29.6 Å². The van der Waals surface area contributed by atoms with Crippen molar-refractivity contribution in [2.24, 2.45) is 0 Å². The molecule has 0 aliphatic carbocycles. The van der Waals surface area contributed by atoms with Crippen molar-refractivity contribution in [3.63, 3.8) is 0 Å². The SMILES string of the molecule is N#CCC(=O)N1CCCC(Nc2c(-c3ncccn3)cnc3[nH]ccc23)C1. The molecule has 1 fully saturated rings. The maximum atomic E-state index is 12.1. The van der Waals surface area contributed by atoms with Crippen molar-refractivity contribution in [3.05, 3.63) is 36.9 Å². The minimum atomic E-state index is -0.114. The van der Waals surface area contributed by atoms with Crippen LogP contribution in [-0.2, 0) is 4.79 Å². The Morgan fingerprint density at radius 2 is 2.22 bits per heavy atom. The lowest BCUT2D eigenvalue weighted by Gasteiger charge is -2.33. The third kappa shape index (κ3) is 3.44. The third-order valence-corrected chi connectivity index (χ3v) is 4.75. The number of amides is 1. The highest BCUT2D eigenvalue weighted by Crippen LogP contribution is 2.32. The topological polar surface area (TPSA) is 111 Å². The summed E-state index contributed by atoms with van der Waals surface area (Å²) in [6, 6.07) is 5.77. The summed E-state index contributed by atoms with van der Waals surface area (Å²) in [6.07, 6.45) is 8.78. The number of carbonyl (C=O) groups is 1. The van der Waals surface area contributed by atoms with Gasteiger partial charge in [0.25, 0.3) is 0 Å². The quantitative estimate of drug-likeness (QED) is 0.738. The van der Waals surface area contributed by atoms with Gasteiger partial charge in [0.2, 0.25) is 5.91 Å². The maximum absolute atomic E-state index is 12.1. The molecule has 0 radical (unpaired) electrons. The van der Waals surface area contributed by atoms with E-state index < -0.39 is 0 Å². The highest BCUT2D eigenvalue weighted by Gasteiger charge is 2.25. The molecule has 136 valence electrons. The smallest absolute Gasteiger partial charge is 0.236 e. The Morgan fingerprint density at radius 3 is 3.04 bits per heavy atom. The van der Waals surface area contributed by atoms with Gasteiger partial charge in [-0.25, -0.2) is 15.0 Å². The molecule has 1 atom stereocenters. The van der Waals surface area contributed by atoms with Crippen LogP contribution >= 0.6 is 0 Å². The monoisotopic (exact) mass is 361 g/mol. The van der Waals surface area contributed by atoms with Gasteiger partial charge in [-0.05, 0) is 25.0 Å². The second-order valence-electron chi connectivity index (χ2n) is 6.52. The second kappa shape index (κ2) is 7.41. The first-order chi connectivity index (χ1) is 13.3. The first kappa shape index (κ1) is 17.0. The Balaban J connectivity index is 1.66. The summed E-state index contributed by atoms with van der Waals surface area (Å²) in [5, 5.41) is 13.3. The maximum Gasteiger partial charge on any atom is 0.236 e. The molecule has 1 amide bonds. The lowest BCUT2D eigenvalue weighted by atomic mass is 10.0. The number of nitriles is 1. The molecule has 1 aliphatic rings. The normalized spacial score (nSPS) is 16.9. The van der Waals surface area contributed by atoms with Gasteiger partial charge in [0.05, 0.1) is 17.3 Å². The van der Waals surface area contributed by atoms with E-state index in [-0.39, 0.29) is 18.4 Å². The molecule has 1 unspecified atom stereocenters. The van der Waals surface area contributed by atoms with Crippen LogP contribution in [0, 0.1) is 11.3 Å². The number of aromatic amines is 1. The summed E-state index contributed by atoms with van der Waals surface area (Å²) >= 11 is 0. The van der Waals surface area contributed by atoms with Crippen LogP contribution in [0.4, 0.5) is 5.69 Å². The second-order valence-corrected chi connectivity index (χ2v) is 6.52. The zero-order chi connectivity index (χ0) is 18.6. The van der Waals surface area contributed by atoms with Crippen LogP contribution in [0.1, 0.15) is 19.3 Å². The van der Waals surface area contributed by atoms with Crippen molar-refractivity contribution >= 4 is 22.6 Å². The van der Waals surface area contributed by atoms with Crippen LogP contribution in [0.3, 0.4) is 0 Å². The van der Waals surface area contributed by atoms with Crippen LogP contribution in [0.2, 0.25) is 0 Å². The number of H-pyrrole nitrogens is 1. The fourth-order valence-electron chi connectivity index (χ4n) is 3.48. The first-order valence-corrected chi connectivity index (χ1v) is 8.91. The average Bonchev–Trinajstić information content (AvgIpc) is 3.19. The van der Waals surface area contributed by atoms with E-state index in [9.17, 15) is 4.79 Å². The molecule has 2 N–H and O–H groups in total. The van der Waals surface area contributed by atoms with Gasteiger partial charge in [0, 0.05) is 49.3 Å². The van der Waals surface area contributed by atoms with E-state index in [1.165, 1.54) is 0 Å². The fraction of sp³-hybridized carbons (Fsp3) is 0.316. The number of hydrogen-bond donors (Lipinski definition) is 2. The number of aromatic nitrogens is 4. The number of carbonyl (C=O) groups excluding carboxylic acids is 1. The summed E-state index contributed by atoms with van der Waals surface area (Å²) in [6.45, 7) is 1.27. The average molecular weight is 361 g/mol. The minimum absolute atomic E-state index is 0.0763. The largest absolute Gasteiger partial charge is 0.379 e. The zero-order valence-electron chi connectivity index (χ0n) is 14.7. The number of hydrogen-bond acceptors (Lipinski definition) is 6. The lowest BCUT2D eigenvalue weighted by molar-refractivity contribution is -0.131. The molecule has 27 heavy (non-hydrogen) atoms. The standard InChI is InChI=1S/C19H19N7O/c20-6-4-16(27)26-10-1-3-13(12-26)25-17-14-5-9-23-18(14)24-11-15(17)19-21-7-2-8-22-19/h2,5,7-9,11,13H,1,3-4,10,12H2,(H2,23,24,25). The first-order valence-electron chi connectivity index (χ1n) is 8.91. The molecule has 3 aromatic rings. The van der Waals surface area contributed by atoms with Crippen molar-refractivity contribution < 1.29 is 4.79 Å². The van der Waals surface area contributed by atoms with E-state index in [4.69, 9.17) is 5.26 Å². The van der Waals surface area contributed by atoms with Gasteiger partial charge in [-0.15, -0.1) is 0 Å². The van der Waals surface area contributed by atoms with E-state index in [0.29, 0.717) is 18.9 Å². The van der Waals surface area contributed by atoms with E-state index in [1.807, 2.05) is 18.3 Å². The van der Waals surface area contributed by atoms with Gasteiger partial charge < -0.3 is 15.2 Å². The third-order valence-electron chi connectivity index (χ3n) is 4.75. The molecule has 4 heterocycles. The molecule has 1 aliphatic heterocycles. The van der Waals surface area contributed by atoms with Crippen molar-refractivity contribution in [2.75, 3.05) is 18.4 Å². The van der Waals surface area contributed by atoms with Crippen LogP contribution in [0.5, 0.6) is 0 Å². The van der Waals surface area contributed by atoms with Crippen molar-refractivity contribution in [1.29, 1.82) is 5.26 Å². The number of nitrogens with zero attached hydrogens (tertiary/aromatic N) is 5. The van der Waals surface area contributed by atoms with Gasteiger partial charge in [0.15, 0.2) is 5.82 Å². The molecule has 8 heteroatoms. The molecule has 0 saturated carbocycles. The molecular weight excluding hydrogens is 342 g/mol. The fourth-order valence-corrected chi connectivity index (χ4v) is 3.48. The lowest BCUT2D eigenvalue weighted by Crippen LogP contribution is -2.45. The van der Waals surface area contributed by atoms with E-state index in [0.717, 1.165) is 35.1 Å². The summed E-state index contributed by atoms with van der Waals surface area (Å²) in [5.41, 5.74) is 2.51. The van der Waals surface area contributed by atoms with Gasteiger partial charge >= 0.3 is 0 Å². The number of fused-ring (bicyclic) bond motifs is 1. The predicted molar refractivity (Wildman–Crippen MR) is 101 cm³/mol. The summed E-state index contributed by atoms with van der Waals surface area (Å²) in [4.78, 5) is 30.2. The number of pyridine rings is 1. The number of piperidine rings is 1. The number of rotatable bonds is 4. The predicted octanol–water partition coefficient (Wildman–Crippen LogP) is 2.34. The molecule has 0 spiro atoms. The Bertz CT molecular complexity index is 992. The molecule has 0 bridgehead atoms. The molecule has 8 nitrogen and oxygen atoms in total. The van der Waals surface area contributed by atoms with Gasteiger partial charge in [0.1, 0.15) is 12.1 Å². The van der Waals surface area contributed by atoms with Crippen LogP contribution in [0.15, 0.2) is 36.9 Å². The molecule has 0 aromatic carbocycles. The van der Waals surface area contributed by atoms with E-state index in [2.05, 4.69) is 25.3 Å². The Kier molecular flexibility index (Phi) is 4.66. The highest BCUT2D eigenvalue weighted by atomic mass is 16.2. The van der Waals surface area contributed by atoms with Gasteiger partial charge in [-0.2, -0.15) is 5.26 Å². The number of anilines is 1. The molecule has 3 aromatic heterocycles. The Labute approximate surface area is 156 Å². The zero-order valence-corrected chi connectivity index (χ0v) is 14.7. The highest BCUT2D eigenvalue weighted by molar-refractivity contribution is 5.97. The summed E-state index contributed by atoms with van der Waals surface area (Å²) in [5.74, 6) is 0.487. The van der Waals surface area contributed by atoms with Crippen LogP contribution < -0.4 is 5.32 Å². The Morgan fingerprint density at radius 1 is 1.37 bits per heavy atom. The van der Waals surface area contributed by atoms with Crippen LogP contribution in [-0.4, -0.2) is 49.9 Å². The van der Waals surface area contributed by atoms with Crippen molar-refractivity contribution in [2.45, 2.75) is 25.3 Å². The van der Waals surface area contributed by atoms with Crippen LogP contribution in [0.25, 0.3) is 22.4 Å². The van der Waals surface area contributed by atoms with Crippen molar-refractivity contribution in [1.82, 2.24) is 24.8 Å². The summed E-state index contributed by atoms with van der Waals surface area (Å²) < 4.78 is 0. The minimum Gasteiger partial charge on any atom is -0.379 e. The van der Waals surface area contributed by atoms with Gasteiger partial charge in [-0.3, -0.25) is 4.79 Å². The van der Waals surface area contributed by atoms with Gasteiger partial charge in [-0.1, -0.05) is 0 Å². The molecular formula is C19H19N7O. The summed E-state index contributed by atoms with van der Waals surface area (Å²) in [7, 11) is 0. The number of likely N-dealkylation sites (tertiary alicyclic amines) is 1. The molecule has 4 rings (SSSR count). The van der Waals surface area contributed by atoms with Crippen molar-refractivity contribution in [3.8, 4) is 17.5 Å².